The fourth-order valence-corrected chi connectivity index (χ4v) is 2.60. The Hall–Kier alpha value is -3.35. The molecule has 0 fully saturated rings. The molecular formula is C19H19N3O4. The van der Waals surface area contributed by atoms with Gasteiger partial charge in [-0.05, 0) is 37.6 Å². The molecule has 0 aliphatic rings. The summed E-state index contributed by atoms with van der Waals surface area (Å²) in [4.78, 5) is 11.8. The van der Waals surface area contributed by atoms with Crippen LogP contribution in [0.3, 0.4) is 0 Å². The third kappa shape index (κ3) is 3.37. The van der Waals surface area contributed by atoms with Crippen molar-refractivity contribution in [1.82, 2.24) is 15.0 Å². The Morgan fingerprint density at radius 3 is 2.65 bits per heavy atom. The van der Waals surface area contributed by atoms with Crippen LogP contribution in [0.4, 0.5) is 0 Å². The van der Waals surface area contributed by atoms with Gasteiger partial charge in [-0.3, -0.25) is 0 Å². The highest BCUT2D eigenvalue weighted by atomic mass is 16.5. The third-order valence-electron chi connectivity index (χ3n) is 4.03. The van der Waals surface area contributed by atoms with Crippen LogP contribution in [0.1, 0.15) is 27.2 Å². The number of aryl methyl sites for hydroxylation is 1. The first-order valence-corrected chi connectivity index (χ1v) is 8.02. The molecule has 0 aliphatic carbocycles. The van der Waals surface area contributed by atoms with Crippen molar-refractivity contribution in [2.75, 3.05) is 7.11 Å². The van der Waals surface area contributed by atoms with Crippen LogP contribution < -0.4 is 4.74 Å². The molecule has 0 spiro atoms. The predicted molar refractivity (Wildman–Crippen MR) is 94.6 cm³/mol. The van der Waals surface area contributed by atoms with Crippen LogP contribution in [0.15, 0.2) is 42.6 Å². The number of rotatable bonds is 5. The highest BCUT2D eigenvalue weighted by Crippen LogP contribution is 2.34. The molecule has 0 radical (unpaired) electrons. The van der Waals surface area contributed by atoms with Crippen LogP contribution in [0.2, 0.25) is 0 Å². The van der Waals surface area contributed by atoms with E-state index < -0.39 is 5.97 Å². The Labute approximate surface area is 150 Å². The van der Waals surface area contributed by atoms with E-state index in [4.69, 9.17) is 9.47 Å². The maximum Gasteiger partial charge on any atom is 0.341 e. The molecular weight excluding hydrogens is 334 g/mol. The van der Waals surface area contributed by atoms with Gasteiger partial charge >= 0.3 is 5.97 Å². The van der Waals surface area contributed by atoms with Crippen LogP contribution in [0, 0.1) is 13.8 Å². The quantitative estimate of drug-likeness (QED) is 0.710. The summed E-state index contributed by atoms with van der Waals surface area (Å²) in [5.41, 5.74) is 2.72. The monoisotopic (exact) mass is 353 g/mol. The van der Waals surface area contributed by atoms with Crippen molar-refractivity contribution >= 4 is 5.97 Å². The molecule has 1 N–H and O–H groups in total. The molecule has 0 saturated carbocycles. The summed E-state index contributed by atoms with van der Waals surface area (Å²) in [5, 5.41) is 18.5. The number of methoxy groups -OCH3 is 1. The molecule has 0 aliphatic heterocycles. The molecule has 3 aromatic rings. The van der Waals surface area contributed by atoms with Crippen LogP contribution in [0.25, 0.3) is 5.69 Å². The summed E-state index contributed by atoms with van der Waals surface area (Å²) in [6.07, 6.45) is 1.78. The second kappa shape index (κ2) is 7.26. The number of hydrogen-bond donors (Lipinski definition) is 1. The Morgan fingerprint density at radius 2 is 1.96 bits per heavy atom. The van der Waals surface area contributed by atoms with E-state index in [0.717, 1.165) is 5.69 Å². The normalized spacial score (nSPS) is 10.6. The average Bonchev–Trinajstić information content (AvgIpc) is 3.13. The SMILES string of the molecule is COC(=O)c1c(C)cc(OCc2cn(-c3ccccc3)nn2)c(C)c1O. The number of benzene rings is 2. The van der Waals surface area contributed by atoms with E-state index in [9.17, 15) is 9.90 Å². The number of nitrogens with zero attached hydrogens (tertiary/aromatic N) is 3. The molecule has 1 heterocycles. The lowest BCUT2D eigenvalue weighted by atomic mass is 10.0. The minimum Gasteiger partial charge on any atom is -0.507 e. The maximum absolute atomic E-state index is 11.8. The van der Waals surface area contributed by atoms with Crippen LogP contribution in [-0.2, 0) is 11.3 Å². The molecule has 2 aromatic carbocycles. The Bertz CT molecular complexity index is 935. The number of ether oxygens (including phenoxy) is 2. The molecule has 0 amide bonds. The predicted octanol–water partition coefficient (Wildman–Crippen LogP) is 2.96. The molecule has 0 atom stereocenters. The summed E-state index contributed by atoms with van der Waals surface area (Å²) in [7, 11) is 1.27. The van der Waals surface area contributed by atoms with Crippen LogP contribution in [-0.4, -0.2) is 33.2 Å². The summed E-state index contributed by atoms with van der Waals surface area (Å²) in [5.74, 6) is -0.248. The molecule has 1 aromatic heterocycles. The van der Waals surface area contributed by atoms with Gasteiger partial charge < -0.3 is 14.6 Å². The topological polar surface area (TPSA) is 86.5 Å². The number of aromatic nitrogens is 3. The van der Waals surface area contributed by atoms with Crippen LogP contribution >= 0.6 is 0 Å². The first-order chi connectivity index (χ1) is 12.5. The summed E-state index contributed by atoms with van der Waals surface area (Å²) < 4.78 is 12.1. The molecule has 7 heteroatoms. The van der Waals surface area contributed by atoms with Gasteiger partial charge in [-0.2, -0.15) is 0 Å². The molecule has 0 unspecified atom stereocenters. The van der Waals surface area contributed by atoms with E-state index in [1.165, 1.54) is 7.11 Å². The standard InChI is InChI=1S/C19H19N3O4/c1-12-9-16(13(2)18(23)17(12)19(24)25-3)26-11-14-10-22(21-20-14)15-7-5-4-6-8-15/h4-10,23H,11H2,1-3H3. The lowest BCUT2D eigenvalue weighted by Gasteiger charge is -2.14. The fraction of sp³-hybridized carbons (Fsp3) is 0.211. The molecule has 0 bridgehead atoms. The van der Waals surface area contributed by atoms with Gasteiger partial charge in [0, 0.05) is 5.56 Å². The summed E-state index contributed by atoms with van der Waals surface area (Å²) >= 11 is 0. The minimum atomic E-state index is -0.583. The van der Waals surface area contributed by atoms with Gasteiger partial charge in [0.05, 0.1) is 19.0 Å². The van der Waals surface area contributed by atoms with E-state index >= 15 is 0 Å². The number of phenolic OH excluding ortho intramolecular Hbond substituents is 1. The Morgan fingerprint density at radius 1 is 1.23 bits per heavy atom. The van der Waals surface area contributed by atoms with Crippen molar-refractivity contribution in [3.05, 3.63) is 65.0 Å². The van der Waals surface area contributed by atoms with E-state index in [1.54, 1.807) is 30.8 Å². The second-order valence-electron chi connectivity index (χ2n) is 5.81. The number of hydrogen-bond acceptors (Lipinski definition) is 6. The minimum absolute atomic E-state index is 0.139. The molecule has 134 valence electrons. The number of phenols is 1. The van der Waals surface area contributed by atoms with E-state index in [-0.39, 0.29) is 17.9 Å². The van der Waals surface area contributed by atoms with Crippen LogP contribution in [0.5, 0.6) is 11.5 Å². The number of carbonyl (C=O) groups is 1. The highest BCUT2D eigenvalue weighted by Gasteiger charge is 2.20. The van der Waals surface area contributed by atoms with Crippen molar-refractivity contribution in [3.63, 3.8) is 0 Å². The zero-order valence-corrected chi connectivity index (χ0v) is 14.8. The van der Waals surface area contributed by atoms with Crippen molar-refractivity contribution in [2.24, 2.45) is 0 Å². The zero-order chi connectivity index (χ0) is 18.7. The zero-order valence-electron chi connectivity index (χ0n) is 14.8. The summed E-state index contributed by atoms with van der Waals surface area (Å²) in [6, 6.07) is 11.3. The maximum atomic E-state index is 11.8. The van der Waals surface area contributed by atoms with Gasteiger partial charge in [-0.25, -0.2) is 9.48 Å². The number of para-hydroxylation sites is 1. The largest absolute Gasteiger partial charge is 0.507 e. The second-order valence-corrected chi connectivity index (χ2v) is 5.81. The van der Waals surface area contributed by atoms with Gasteiger partial charge in [0.15, 0.2) is 0 Å². The van der Waals surface area contributed by atoms with E-state index in [2.05, 4.69) is 10.3 Å². The third-order valence-corrected chi connectivity index (χ3v) is 4.03. The van der Waals surface area contributed by atoms with Gasteiger partial charge in [-0.15, -0.1) is 5.10 Å². The number of carbonyl (C=O) groups excluding carboxylic acids is 1. The van der Waals surface area contributed by atoms with Gasteiger partial charge in [0.2, 0.25) is 0 Å². The van der Waals surface area contributed by atoms with Gasteiger partial charge in [0.25, 0.3) is 0 Å². The Kier molecular flexibility index (Phi) is 4.88. The Balaban J connectivity index is 1.78. The number of esters is 1. The fourth-order valence-electron chi connectivity index (χ4n) is 2.60. The van der Waals surface area contributed by atoms with Crippen molar-refractivity contribution in [2.45, 2.75) is 20.5 Å². The first kappa shape index (κ1) is 17.5. The first-order valence-electron chi connectivity index (χ1n) is 8.02. The van der Waals surface area contributed by atoms with E-state index in [0.29, 0.717) is 22.6 Å². The van der Waals surface area contributed by atoms with E-state index in [1.807, 2.05) is 30.3 Å². The van der Waals surface area contributed by atoms with Crippen molar-refractivity contribution in [1.29, 1.82) is 0 Å². The average molecular weight is 353 g/mol. The molecule has 0 saturated heterocycles. The molecule has 26 heavy (non-hydrogen) atoms. The van der Waals surface area contributed by atoms with Crippen molar-refractivity contribution < 1.29 is 19.4 Å². The molecule has 7 nitrogen and oxygen atoms in total. The lowest BCUT2D eigenvalue weighted by molar-refractivity contribution is 0.0596. The van der Waals surface area contributed by atoms with Crippen molar-refractivity contribution in [3.8, 4) is 17.2 Å². The number of aromatic hydroxyl groups is 1. The smallest absolute Gasteiger partial charge is 0.341 e. The van der Waals surface area contributed by atoms with Gasteiger partial charge in [-0.1, -0.05) is 23.4 Å². The summed E-state index contributed by atoms with van der Waals surface area (Å²) in [6.45, 7) is 3.57. The van der Waals surface area contributed by atoms with Gasteiger partial charge in [0.1, 0.15) is 29.4 Å². The lowest BCUT2D eigenvalue weighted by Crippen LogP contribution is -2.07. The molecule has 3 rings (SSSR count). The highest BCUT2D eigenvalue weighted by molar-refractivity contribution is 5.95.